The molecule has 0 atom stereocenters. The first kappa shape index (κ1) is 16.9. The van der Waals surface area contributed by atoms with E-state index < -0.39 is 0 Å². The molecule has 0 amide bonds. The van der Waals surface area contributed by atoms with Crippen LogP contribution in [0, 0.1) is 0 Å². The summed E-state index contributed by atoms with van der Waals surface area (Å²) in [6, 6.07) is 0. The molecular weight excluding hydrogens is 230 g/mol. The molecule has 0 aromatic carbocycles. The molecule has 100 valence electrons. The summed E-state index contributed by atoms with van der Waals surface area (Å²) in [5, 5.41) is 0. The van der Waals surface area contributed by atoms with Crippen molar-refractivity contribution in [2.75, 3.05) is 0 Å². The first-order valence-corrected chi connectivity index (χ1v) is 6.30. The Kier molecular flexibility index (Phi) is 8.72. The molecule has 0 heterocycles. The van der Waals surface area contributed by atoms with E-state index in [1.807, 2.05) is 31.2 Å². The molecule has 0 rings (SSSR count). The van der Waals surface area contributed by atoms with Gasteiger partial charge in [-0.1, -0.05) is 63.1 Å². The van der Waals surface area contributed by atoms with Crippen LogP contribution in [-0.4, -0.2) is 6.72 Å². The Balaban J connectivity index is 5.38. The van der Waals surface area contributed by atoms with Gasteiger partial charge in [0.05, 0.1) is 5.70 Å². The summed E-state index contributed by atoms with van der Waals surface area (Å²) in [7, 11) is 0. The van der Waals surface area contributed by atoms with Crippen molar-refractivity contribution < 1.29 is 0 Å². The molecule has 0 N–H and O–H groups in total. The molecule has 0 aliphatic rings. The minimum atomic E-state index is 0.785. The Bertz CT molecular complexity index is 468. The van der Waals surface area contributed by atoms with Crippen LogP contribution >= 0.6 is 0 Å². The molecule has 1 nitrogen and oxygen atoms in total. The van der Waals surface area contributed by atoms with Crippen LogP contribution in [0.3, 0.4) is 0 Å². The van der Waals surface area contributed by atoms with E-state index in [1.54, 1.807) is 12.2 Å². The molecule has 0 aromatic rings. The highest BCUT2D eigenvalue weighted by atomic mass is 14.7. The number of hydrogen-bond acceptors (Lipinski definition) is 1. The van der Waals surface area contributed by atoms with Gasteiger partial charge in [0.1, 0.15) is 0 Å². The second-order valence-corrected chi connectivity index (χ2v) is 3.82. The number of rotatable bonds is 8. The Morgan fingerprint density at radius 1 is 1.21 bits per heavy atom. The van der Waals surface area contributed by atoms with Gasteiger partial charge >= 0.3 is 0 Å². The van der Waals surface area contributed by atoms with Crippen molar-refractivity contribution in [2.45, 2.75) is 20.3 Å². The Labute approximate surface area is 117 Å². The molecular formula is C18H23N. The molecule has 19 heavy (non-hydrogen) atoms. The summed E-state index contributed by atoms with van der Waals surface area (Å²) >= 11 is 0. The zero-order valence-corrected chi connectivity index (χ0v) is 12.0. The maximum atomic E-state index is 4.06. The van der Waals surface area contributed by atoms with Gasteiger partial charge in [0, 0.05) is 0 Å². The number of nitrogens with zero attached hydrogens (tertiary/aromatic N) is 1. The fourth-order valence-corrected chi connectivity index (χ4v) is 1.54. The smallest absolute Gasteiger partial charge is 0.0697 e. The summed E-state index contributed by atoms with van der Waals surface area (Å²) in [5.74, 6) is 0. The van der Waals surface area contributed by atoms with Gasteiger partial charge < -0.3 is 0 Å². The highest BCUT2D eigenvalue weighted by Crippen LogP contribution is 2.19. The van der Waals surface area contributed by atoms with Gasteiger partial charge in [-0.3, -0.25) is 4.99 Å². The molecule has 0 aromatic heterocycles. The van der Waals surface area contributed by atoms with E-state index in [9.17, 15) is 0 Å². The quantitative estimate of drug-likeness (QED) is 0.409. The van der Waals surface area contributed by atoms with Crippen LogP contribution in [0.4, 0.5) is 0 Å². The maximum Gasteiger partial charge on any atom is 0.0697 e. The summed E-state index contributed by atoms with van der Waals surface area (Å²) in [6.07, 6.45) is 14.3. The van der Waals surface area contributed by atoms with Crippen LogP contribution in [0.25, 0.3) is 0 Å². The van der Waals surface area contributed by atoms with Crippen molar-refractivity contribution >= 4 is 6.72 Å². The van der Waals surface area contributed by atoms with E-state index in [0.717, 1.165) is 28.8 Å². The average molecular weight is 253 g/mol. The molecule has 0 saturated heterocycles. The van der Waals surface area contributed by atoms with Crippen molar-refractivity contribution in [1.29, 1.82) is 0 Å². The zero-order valence-electron chi connectivity index (χ0n) is 12.0. The lowest BCUT2D eigenvalue weighted by Gasteiger charge is -2.06. The third-order valence-electron chi connectivity index (χ3n) is 2.51. The number of aliphatic imine (C=N–C) groups is 1. The van der Waals surface area contributed by atoms with E-state index in [4.69, 9.17) is 0 Å². The lowest BCUT2D eigenvalue weighted by atomic mass is 10.0. The van der Waals surface area contributed by atoms with E-state index in [2.05, 4.69) is 44.4 Å². The lowest BCUT2D eigenvalue weighted by Crippen LogP contribution is -1.87. The van der Waals surface area contributed by atoms with Gasteiger partial charge in [-0.15, -0.1) is 0 Å². The fourth-order valence-electron chi connectivity index (χ4n) is 1.54. The van der Waals surface area contributed by atoms with Crippen LogP contribution in [-0.2, 0) is 0 Å². The lowest BCUT2D eigenvalue weighted by molar-refractivity contribution is 1.19. The Hall–Kier alpha value is -2.15. The fraction of sp³-hybridized carbons (Fsp3) is 0.167. The van der Waals surface area contributed by atoms with E-state index in [-0.39, 0.29) is 0 Å². The van der Waals surface area contributed by atoms with Gasteiger partial charge in [-0.25, -0.2) is 0 Å². The van der Waals surface area contributed by atoms with Gasteiger partial charge in [0.25, 0.3) is 0 Å². The maximum absolute atomic E-state index is 4.06. The van der Waals surface area contributed by atoms with E-state index in [0.29, 0.717) is 0 Å². The largest absolute Gasteiger partial charge is 0.264 e. The number of allylic oxidation sites excluding steroid dienone is 9. The molecule has 0 radical (unpaired) electrons. The van der Waals surface area contributed by atoms with Gasteiger partial charge in [-0.05, 0) is 42.9 Å². The molecule has 0 spiro atoms. The zero-order chi connectivity index (χ0) is 14.7. The van der Waals surface area contributed by atoms with Crippen LogP contribution < -0.4 is 0 Å². The molecule has 0 bridgehead atoms. The SMILES string of the molecule is C=C/C=C\C(=C/C)C(=C)/C=C(N=C)/C(C=C)=C/CC. The highest BCUT2D eigenvalue weighted by molar-refractivity contribution is 5.52. The topological polar surface area (TPSA) is 12.4 Å². The molecule has 1 heteroatoms. The van der Waals surface area contributed by atoms with Crippen LogP contribution in [0.15, 0.2) is 89.7 Å². The normalized spacial score (nSPS) is 13.5. The van der Waals surface area contributed by atoms with Gasteiger partial charge in [-0.2, -0.15) is 0 Å². The van der Waals surface area contributed by atoms with Crippen molar-refractivity contribution in [1.82, 2.24) is 0 Å². The third kappa shape index (κ3) is 5.82. The van der Waals surface area contributed by atoms with E-state index in [1.165, 1.54) is 0 Å². The Morgan fingerprint density at radius 2 is 1.89 bits per heavy atom. The van der Waals surface area contributed by atoms with E-state index >= 15 is 0 Å². The van der Waals surface area contributed by atoms with Crippen LogP contribution in [0.1, 0.15) is 20.3 Å². The number of hydrogen-bond donors (Lipinski definition) is 0. The second kappa shape index (κ2) is 9.84. The van der Waals surface area contributed by atoms with Crippen molar-refractivity contribution in [3.63, 3.8) is 0 Å². The average Bonchev–Trinajstić information content (AvgIpc) is 2.43. The predicted octanol–water partition coefficient (Wildman–Crippen LogP) is 5.34. The first-order chi connectivity index (χ1) is 9.14. The van der Waals surface area contributed by atoms with Crippen molar-refractivity contribution in [3.8, 4) is 0 Å². The van der Waals surface area contributed by atoms with Gasteiger partial charge in [0.15, 0.2) is 0 Å². The standard InChI is InChI=1S/C18H23N/c1-7-11-13-16(9-3)15(5)14-18(19-6)17(10-4)12-8-2/h7,9-14H,1,4-6,8H2,2-3H3/b13-11-,16-9+,17-12+,18-14-. The minimum Gasteiger partial charge on any atom is -0.264 e. The summed E-state index contributed by atoms with van der Waals surface area (Å²) < 4.78 is 0. The molecule has 0 aliphatic carbocycles. The van der Waals surface area contributed by atoms with Crippen LogP contribution in [0.5, 0.6) is 0 Å². The molecule has 0 unspecified atom stereocenters. The Morgan fingerprint density at radius 3 is 2.32 bits per heavy atom. The minimum absolute atomic E-state index is 0.785. The molecule has 0 fully saturated rings. The monoisotopic (exact) mass is 253 g/mol. The predicted molar refractivity (Wildman–Crippen MR) is 88.4 cm³/mol. The first-order valence-electron chi connectivity index (χ1n) is 6.30. The summed E-state index contributed by atoms with van der Waals surface area (Å²) in [5.41, 5.74) is 3.67. The highest BCUT2D eigenvalue weighted by Gasteiger charge is 2.01. The summed E-state index contributed by atoms with van der Waals surface area (Å²) in [4.78, 5) is 4.05. The van der Waals surface area contributed by atoms with Crippen LogP contribution in [0.2, 0.25) is 0 Å². The third-order valence-corrected chi connectivity index (χ3v) is 2.51. The summed E-state index contributed by atoms with van der Waals surface area (Å²) in [6.45, 7) is 19.2. The van der Waals surface area contributed by atoms with Crippen molar-refractivity contribution in [2.24, 2.45) is 4.99 Å². The second-order valence-electron chi connectivity index (χ2n) is 3.82. The molecule has 0 saturated carbocycles. The molecule has 0 aliphatic heterocycles. The van der Waals surface area contributed by atoms with Gasteiger partial charge in [0.2, 0.25) is 0 Å². The van der Waals surface area contributed by atoms with Crippen molar-refractivity contribution in [3.05, 3.63) is 84.7 Å².